The maximum atomic E-state index is 12.7. The number of aromatic nitrogens is 2. The van der Waals surface area contributed by atoms with Crippen LogP contribution in [0.15, 0.2) is 23.1 Å². The Balaban J connectivity index is 2.51. The molecule has 0 atom stereocenters. The van der Waals surface area contributed by atoms with E-state index in [1.54, 1.807) is 12.1 Å². The van der Waals surface area contributed by atoms with Crippen LogP contribution < -0.4 is 0 Å². The highest BCUT2D eigenvalue weighted by atomic mass is 32.2. The SMILES string of the molecule is CC(C)CN(CC(=O)O)S(=O)(=O)c1cccc2nsnc12. The molecule has 0 saturated heterocycles. The summed E-state index contributed by atoms with van der Waals surface area (Å²) in [5.74, 6) is -1.19. The zero-order valence-electron chi connectivity index (χ0n) is 11.6. The number of carbonyl (C=O) groups is 1. The summed E-state index contributed by atoms with van der Waals surface area (Å²) in [5, 5.41) is 8.95. The Bertz CT molecular complexity index is 755. The van der Waals surface area contributed by atoms with Gasteiger partial charge in [0.1, 0.15) is 22.5 Å². The summed E-state index contributed by atoms with van der Waals surface area (Å²) in [7, 11) is -3.93. The Morgan fingerprint density at radius 1 is 1.38 bits per heavy atom. The molecule has 2 rings (SSSR count). The average molecular weight is 329 g/mol. The van der Waals surface area contributed by atoms with Crippen LogP contribution in [0.3, 0.4) is 0 Å². The zero-order chi connectivity index (χ0) is 15.6. The maximum Gasteiger partial charge on any atom is 0.318 e. The summed E-state index contributed by atoms with van der Waals surface area (Å²) in [5.41, 5.74) is 0.766. The average Bonchev–Trinajstić information content (AvgIpc) is 2.84. The van der Waals surface area contributed by atoms with Crippen molar-refractivity contribution in [3.8, 4) is 0 Å². The van der Waals surface area contributed by atoms with E-state index in [1.165, 1.54) is 6.07 Å². The number of rotatable bonds is 6. The Kier molecular flexibility index (Phi) is 4.55. The van der Waals surface area contributed by atoms with Gasteiger partial charge in [0.2, 0.25) is 10.0 Å². The molecule has 1 heterocycles. The third-order valence-electron chi connectivity index (χ3n) is 2.75. The number of carboxylic acids is 1. The van der Waals surface area contributed by atoms with E-state index in [1.807, 2.05) is 13.8 Å². The van der Waals surface area contributed by atoms with Gasteiger partial charge in [-0.05, 0) is 18.1 Å². The number of carboxylic acid groups (broad SMARTS) is 1. The first kappa shape index (κ1) is 15.8. The lowest BCUT2D eigenvalue weighted by atomic mass is 10.2. The van der Waals surface area contributed by atoms with Gasteiger partial charge < -0.3 is 5.11 Å². The van der Waals surface area contributed by atoms with Crippen molar-refractivity contribution in [1.29, 1.82) is 0 Å². The third kappa shape index (κ3) is 3.36. The molecule has 1 aromatic heterocycles. The molecule has 0 aliphatic heterocycles. The molecule has 0 bridgehead atoms. The second-order valence-electron chi connectivity index (χ2n) is 4.97. The summed E-state index contributed by atoms with van der Waals surface area (Å²) in [4.78, 5) is 10.9. The van der Waals surface area contributed by atoms with Gasteiger partial charge in [0.15, 0.2) is 0 Å². The predicted molar refractivity (Wildman–Crippen MR) is 78.6 cm³/mol. The first-order chi connectivity index (χ1) is 9.82. The summed E-state index contributed by atoms with van der Waals surface area (Å²) in [6.07, 6.45) is 0. The normalized spacial score (nSPS) is 12.4. The molecular formula is C12H15N3O4S2. The van der Waals surface area contributed by atoms with Crippen molar-refractivity contribution in [2.75, 3.05) is 13.1 Å². The second-order valence-corrected chi connectivity index (χ2v) is 7.41. The number of benzene rings is 1. The number of hydrogen-bond acceptors (Lipinski definition) is 6. The number of aliphatic carboxylic acids is 1. The summed E-state index contributed by atoms with van der Waals surface area (Å²) in [6.45, 7) is 3.21. The Labute approximate surface area is 126 Å². The molecule has 0 aliphatic rings. The molecule has 0 radical (unpaired) electrons. The molecule has 1 aromatic carbocycles. The Morgan fingerprint density at radius 2 is 2.10 bits per heavy atom. The first-order valence-electron chi connectivity index (χ1n) is 6.25. The summed E-state index contributed by atoms with van der Waals surface area (Å²) in [6, 6.07) is 4.67. The van der Waals surface area contributed by atoms with Crippen LogP contribution in [0.4, 0.5) is 0 Å². The van der Waals surface area contributed by atoms with Gasteiger partial charge in [-0.15, -0.1) is 0 Å². The van der Waals surface area contributed by atoms with Crippen LogP contribution in [-0.4, -0.2) is 45.6 Å². The molecule has 0 fully saturated rings. The van der Waals surface area contributed by atoms with Gasteiger partial charge >= 0.3 is 5.97 Å². The van der Waals surface area contributed by atoms with E-state index >= 15 is 0 Å². The van der Waals surface area contributed by atoms with Gasteiger partial charge in [-0.3, -0.25) is 4.79 Å². The van der Waals surface area contributed by atoms with Crippen LogP contribution in [-0.2, 0) is 14.8 Å². The van der Waals surface area contributed by atoms with E-state index < -0.39 is 22.5 Å². The highest BCUT2D eigenvalue weighted by molar-refractivity contribution is 7.89. The molecular weight excluding hydrogens is 314 g/mol. The fourth-order valence-electron chi connectivity index (χ4n) is 1.93. The van der Waals surface area contributed by atoms with Gasteiger partial charge in [0.05, 0.1) is 11.7 Å². The quantitative estimate of drug-likeness (QED) is 0.860. The summed E-state index contributed by atoms with van der Waals surface area (Å²) < 4.78 is 34.4. The van der Waals surface area contributed by atoms with E-state index in [0.29, 0.717) is 5.52 Å². The van der Waals surface area contributed by atoms with Gasteiger partial charge in [-0.25, -0.2) is 8.42 Å². The minimum Gasteiger partial charge on any atom is -0.480 e. The fourth-order valence-corrected chi connectivity index (χ4v) is 4.24. The standard InChI is InChI=1S/C12H15N3O4S2/c1-8(2)6-15(7-11(16)17)21(18,19)10-5-3-4-9-12(10)14-20-13-9/h3-5,8H,6-7H2,1-2H3,(H,16,17). The lowest BCUT2D eigenvalue weighted by Gasteiger charge is -2.22. The highest BCUT2D eigenvalue weighted by Gasteiger charge is 2.29. The molecule has 114 valence electrons. The van der Waals surface area contributed by atoms with Gasteiger partial charge in [0.25, 0.3) is 0 Å². The number of fused-ring (bicyclic) bond motifs is 1. The van der Waals surface area contributed by atoms with Crippen molar-refractivity contribution in [1.82, 2.24) is 13.1 Å². The van der Waals surface area contributed by atoms with Crippen LogP contribution in [0.1, 0.15) is 13.8 Å². The van der Waals surface area contributed by atoms with Crippen LogP contribution in [0.25, 0.3) is 11.0 Å². The number of sulfonamides is 1. The lowest BCUT2D eigenvalue weighted by Crippen LogP contribution is -2.38. The molecule has 1 N–H and O–H groups in total. The third-order valence-corrected chi connectivity index (χ3v) is 5.13. The zero-order valence-corrected chi connectivity index (χ0v) is 13.2. The second kappa shape index (κ2) is 6.04. The Morgan fingerprint density at radius 3 is 2.71 bits per heavy atom. The van der Waals surface area contributed by atoms with Crippen LogP contribution in [0.2, 0.25) is 0 Å². The molecule has 0 spiro atoms. The lowest BCUT2D eigenvalue weighted by molar-refractivity contribution is -0.137. The number of hydrogen-bond donors (Lipinski definition) is 1. The van der Waals surface area contributed by atoms with Gasteiger partial charge in [-0.1, -0.05) is 19.9 Å². The topological polar surface area (TPSA) is 100 Å². The van der Waals surface area contributed by atoms with Crippen molar-refractivity contribution < 1.29 is 18.3 Å². The molecule has 2 aromatic rings. The van der Waals surface area contributed by atoms with E-state index in [9.17, 15) is 13.2 Å². The van der Waals surface area contributed by atoms with E-state index in [0.717, 1.165) is 16.0 Å². The van der Waals surface area contributed by atoms with Gasteiger partial charge in [-0.2, -0.15) is 13.1 Å². The molecule has 9 heteroatoms. The van der Waals surface area contributed by atoms with Crippen molar-refractivity contribution >= 4 is 38.8 Å². The van der Waals surface area contributed by atoms with Crippen molar-refractivity contribution in [2.24, 2.45) is 5.92 Å². The molecule has 0 saturated carbocycles. The maximum absolute atomic E-state index is 12.7. The smallest absolute Gasteiger partial charge is 0.318 e. The van der Waals surface area contributed by atoms with Gasteiger partial charge in [0, 0.05) is 6.54 Å². The molecule has 21 heavy (non-hydrogen) atoms. The predicted octanol–water partition coefficient (Wildman–Crippen LogP) is 1.42. The molecule has 0 unspecified atom stereocenters. The summed E-state index contributed by atoms with van der Waals surface area (Å²) >= 11 is 0.923. The van der Waals surface area contributed by atoms with Crippen LogP contribution >= 0.6 is 11.7 Å². The minimum absolute atomic E-state index is 0.00403. The molecule has 0 aliphatic carbocycles. The molecule has 0 amide bonds. The van der Waals surface area contributed by atoms with Crippen molar-refractivity contribution in [2.45, 2.75) is 18.7 Å². The van der Waals surface area contributed by atoms with E-state index in [-0.39, 0.29) is 22.9 Å². The van der Waals surface area contributed by atoms with E-state index in [2.05, 4.69) is 8.75 Å². The highest BCUT2D eigenvalue weighted by Crippen LogP contribution is 2.24. The van der Waals surface area contributed by atoms with Crippen LogP contribution in [0, 0.1) is 5.92 Å². The number of nitrogens with zero attached hydrogens (tertiary/aromatic N) is 3. The first-order valence-corrected chi connectivity index (χ1v) is 8.42. The Hall–Kier alpha value is -1.58. The van der Waals surface area contributed by atoms with Crippen molar-refractivity contribution in [3.63, 3.8) is 0 Å². The fraction of sp³-hybridized carbons (Fsp3) is 0.417. The largest absolute Gasteiger partial charge is 0.480 e. The van der Waals surface area contributed by atoms with Crippen molar-refractivity contribution in [3.05, 3.63) is 18.2 Å². The molecule has 7 nitrogen and oxygen atoms in total. The minimum atomic E-state index is -3.93. The van der Waals surface area contributed by atoms with Crippen LogP contribution in [0.5, 0.6) is 0 Å². The monoisotopic (exact) mass is 329 g/mol. The van der Waals surface area contributed by atoms with E-state index in [4.69, 9.17) is 5.11 Å².